The molecule has 2 bridgehead atoms. The molecule has 3 saturated heterocycles. The molecule has 0 aliphatic carbocycles. The number of fused-ring (bicyclic) bond motifs is 1. The second-order valence-corrected chi connectivity index (χ2v) is 12.4. The zero-order valence-electron chi connectivity index (χ0n) is 26.5. The lowest BCUT2D eigenvalue weighted by molar-refractivity contribution is -0.162. The van der Waals surface area contributed by atoms with E-state index in [2.05, 4.69) is 31.9 Å². The van der Waals surface area contributed by atoms with Crippen LogP contribution in [0.1, 0.15) is 60.3 Å². The molecule has 0 saturated carbocycles. The standard InChI is InChI=1S/C34H49N3O6/c1-8-12-13-14-20-42-32(41)28-27-30(39)37(24(6)22-38)29(34(27)21-23(5)33(28,7)43-34)31(40)36(19-9-2)26-17-15-25(16-18-26)35(10-3)11-4/h8-9,15-18,23-24,27-29,38H,1-2,10-14,19-22H2,3-7H3/t23?,24-,27+,28+,29?,33-,34?/m1/s1. The maximum absolute atomic E-state index is 14.7. The third kappa shape index (κ3) is 5.50. The number of benzene rings is 1. The maximum Gasteiger partial charge on any atom is 0.312 e. The molecular formula is C34H49N3O6. The first-order valence-electron chi connectivity index (χ1n) is 15.7. The number of unbranched alkanes of at least 4 members (excludes halogenated alkanes) is 2. The van der Waals surface area contributed by atoms with Gasteiger partial charge in [-0.2, -0.15) is 0 Å². The predicted molar refractivity (Wildman–Crippen MR) is 168 cm³/mol. The van der Waals surface area contributed by atoms with Gasteiger partial charge in [0.05, 0.1) is 30.8 Å². The molecule has 0 aromatic heterocycles. The van der Waals surface area contributed by atoms with Crippen LogP contribution >= 0.6 is 0 Å². The molecule has 3 aliphatic heterocycles. The second kappa shape index (κ2) is 13.2. The molecule has 3 aliphatic rings. The number of allylic oxidation sites excluding steroid dienone is 1. The average molecular weight is 596 g/mol. The lowest BCUT2D eigenvalue weighted by atomic mass is 9.62. The van der Waals surface area contributed by atoms with Crippen molar-refractivity contribution in [2.45, 2.75) is 83.6 Å². The number of amides is 2. The van der Waals surface area contributed by atoms with Crippen LogP contribution in [0.25, 0.3) is 0 Å². The van der Waals surface area contributed by atoms with Crippen LogP contribution < -0.4 is 9.80 Å². The SMILES string of the molecule is C=CCCCCOC(=O)[C@@H]1[C@H]2C(=O)N([C@H](C)CO)C(C(=O)N(CC=C)c3ccc(N(CC)CC)cc3)C23CC(C)[C@@]1(C)O3. The summed E-state index contributed by atoms with van der Waals surface area (Å²) < 4.78 is 12.5. The highest BCUT2D eigenvalue weighted by atomic mass is 16.6. The van der Waals surface area contributed by atoms with E-state index in [9.17, 15) is 19.5 Å². The molecular weight excluding hydrogens is 546 g/mol. The van der Waals surface area contributed by atoms with Gasteiger partial charge >= 0.3 is 5.97 Å². The number of likely N-dealkylation sites (tertiary alicyclic amines) is 1. The number of ether oxygens (including phenoxy) is 2. The van der Waals surface area contributed by atoms with Gasteiger partial charge in [-0.05, 0) is 83.6 Å². The summed E-state index contributed by atoms with van der Waals surface area (Å²) in [5.74, 6) is -2.96. The van der Waals surface area contributed by atoms with Crippen LogP contribution in [0, 0.1) is 17.8 Å². The Bertz CT molecular complexity index is 1200. The molecule has 4 rings (SSSR count). The normalized spacial score (nSPS) is 29.7. The fourth-order valence-corrected chi connectivity index (χ4v) is 7.56. The molecule has 3 fully saturated rings. The lowest BCUT2D eigenvalue weighted by Gasteiger charge is -2.38. The first-order valence-corrected chi connectivity index (χ1v) is 15.7. The Morgan fingerprint density at radius 3 is 2.40 bits per heavy atom. The fourth-order valence-electron chi connectivity index (χ4n) is 7.56. The topological polar surface area (TPSA) is 99.6 Å². The van der Waals surface area contributed by atoms with Crippen molar-refractivity contribution >= 4 is 29.2 Å². The number of hydrogen-bond acceptors (Lipinski definition) is 7. The van der Waals surface area contributed by atoms with Crippen molar-refractivity contribution in [1.82, 2.24) is 4.90 Å². The van der Waals surface area contributed by atoms with Gasteiger partial charge < -0.3 is 29.3 Å². The van der Waals surface area contributed by atoms with Gasteiger partial charge in [0.1, 0.15) is 17.6 Å². The van der Waals surface area contributed by atoms with Crippen molar-refractivity contribution in [3.05, 3.63) is 49.6 Å². The number of rotatable bonds is 15. The molecule has 9 nitrogen and oxygen atoms in total. The smallest absolute Gasteiger partial charge is 0.312 e. The second-order valence-electron chi connectivity index (χ2n) is 12.4. The Morgan fingerprint density at radius 1 is 1.16 bits per heavy atom. The van der Waals surface area contributed by atoms with Crippen LogP contribution in [0.3, 0.4) is 0 Å². The first-order chi connectivity index (χ1) is 20.6. The Balaban J connectivity index is 1.72. The summed E-state index contributed by atoms with van der Waals surface area (Å²) in [6.45, 7) is 19.3. The van der Waals surface area contributed by atoms with E-state index in [4.69, 9.17) is 9.47 Å². The number of aliphatic hydroxyl groups excluding tert-OH is 1. The largest absolute Gasteiger partial charge is 0.465 e. The van der Waals surface area contributed by atoms with E-state index in [1.807, 2.05) is 44.2 Å². The van der Waals surface area contributed by atoms with E-state index in [0.29, 0.717) is 18.5 Å². The van der Waals surface area contributed by atoms with Gasteiger partial charge in [0.15, 0.2) is 0 Å². The maximum atomic E-state index is 14.7. The molecule has 1 N–H and O–H groups in total. The number of carbonyl (C=O) groups is 3. The minimum absolute atomic E-state index is 0.101. The van der Waals surface area contributed by atoms with E-state index < -0.39 is 41.1 Å². The van der Waals surface area contributed by atoms with Gasteiger partial charge in [-0.1, -0.05) is 19.1 Å². The molecule has 236 valence electrons. The first kappa shape index (κ1) is 32.7. The van der Waals surface area contributed by atoms with Gasteiger partial charge in [-0.15, -0.1) is 13.2 Å². The van der Waals surface area contributed by atoms with Crippen molar-refractivity contribution in [1.29, 1.82) is 0 Å². The molecule has 0 radical (unpaired) electrons. The highest BCUT2D eigenvalue weighted by Gasteiger charge is 2.80. The summed E-state index contributed by atoms with van der Waals surface area (Å²) in [5, 5.41) is 10.2. The summed E-state index contributed by atoms with van der Waals surface area (Å²) >= 11 is 0. The van der Waals surface area contributed by atoms with Crippen LogP contribution in [0.2, 0.25) is 0 Å². The van der Waals surface area contributed by atoms with Gasteiger partial charge in [-0.25, -0.2) is 0 Å². The van der Waals surface area contributed by atoms with E-state index >= 15 is 0 Å². The zero-order valence-corrected chi connectivity index (χ0v) is 26.5. The molecule has 3 unspecified atom stereocenters. The number of anilines is 2. The number of nitrogens with zero attached hydrogens (tertiary/aromatic N) is 3. The summed E-state index contributed by atoms with van der Waals surface area (Å²) in [7, 11) is 0. The van der Waals surface area contributed by atoms with Gasteiger partial charge in [0.2, 0.25) is 5.91 Å². The van der Waals surface area contributed by atoms with Gasteiger partial charge in [0.25, 0.3) is 5.91 Å². The zero-order chi connectivity index (χ0) is 31.5. The van der Waals surface area contributed by atoms with Crippen molar-refractivity contribution < 1.29 is 29.0 Å². The molecule has 1 aromatic rings. The fraction of sp³-hybridized carbons (Fsp3) is 0.618. The highest BCUT2D eigenvalue weighted by Crippen LogP contribution is 2.65. The van der Waals surface area contributed by atoms with E-state index in [1.54, 1.807) is 17.9 Å². The average Bonchev–Trinajstić information content (AvgIpc) is 3.52. The van der Waals surface area contributed by atoms with Crippen molar-refractivity contribution in [2.24, 2.45) is 17.8 Å². The number of hydrogen-bond donors (Lipinski definition) is 1. The van der Waals surface area contributed by atoms with E-state index in [-0.39, 0.29) is 37.5 Å². The number of aliphatic hydroxyl groups is 1. The minimum atomic E-state index is -1.22. The molecule has 9 heteroatoms. The summed E-state index contributed by atoms with van der Waals surface area (Å²) in [6.07, 6.45) is 6.31. The monoisotopic (exact) mass is 595 g/mol. The molecule has 1 aromatic carbocycles. The Labute approximate surface area is 256 Å². The highest BCUT2D eigenvalue weighted by molar-refractivity contribution is 6.05. The summed E-state index contributed by atoms with van der Waals surface area (Å²) in [4.78, 5) is 48.0. The minimum Gasteiger partial charge on any atom is -0.465 e. The lowest BCUT2D eigenvalue weighted by Crippen LogP contribution is -2.58. The Morgan fingerprint density at radius 2 is 1.81 bits per heavy atom. The molecule has 7 atom stereocenters. The molecule has 3 heterocycles. The van der Waals surface area contributed by atoms with Crippen molar-refractivity contribution in [3.63, 3.8) is 0 Å². The Kier molecular flexibility index (Phi) is 10.1. The van der Waals surface area contributed by atoms with Gasteiger partial charge in [0, 0.05) is 31.0 Å². The van der Waals surface area contributed by atoms with Crippen molar-refractivity contribution in [3.8, 4) is 0 Å². The van der Waals surface area contributed by atoms with Crippen LogP contribution in [0.5, 0.6) is 0 Å². The number of carbonyl (C=O) groups excluding carboxylic acids is 3. The molecule has 1 spiro atoms. The van der Waals surface area contributed by atoms with E-state index in [0.717, 1.165) is 31.6 Å². The quantitative estimate of drug-likeness (QED) is 0.183. The van der Waals surface area contributed by atoms with Crippen molar-refractivity contribution in [2.75, 3.05) is 42.6 Å². The van der Waals surface area contributed by atoms with Gasteiger partial charge in [-0.3, -0.25) is 14.4 Å². The number of esters is 1. The summed E-state index contributed by atoms with van der Waals surface area (Å²) in [5.41, 5.74) is -0.457. The van der Waals surface area contributed by atoms with Crippen LogP contribution in [-0.2, 0) is 23.9 Å². The van der Waals surface area contributed by atoms with Crippen LogP contribution in [0.4, 0.5) is 11.4 Å². The molecule has 2 amide bonds. The third-order valence-electron chi connectivity index (χ3n) is 9.89. The third-order valence-corrected chi connectivity index (χ3v) is 9.89. The molecule has 43 heavy (non-hydrogen) atoms. The Hall–Kier alpha value is -3.17. The van der Waals surface area contributed by atoms with Crippen LogP contribution in [0.15, 0.2) is 49.6 Å². The summed E-state index contributed by atoms with van der Waals surface area (Å²) in [6, 6.07) is 6.11. The predicted octanol–water partition coefficient (Wildman–Crippen LogP) is 4.34. The van der Waals surface area contributed by atoms with Crippen LogP contribution in [-0.4, -0.2) is 83.9 Å². The van der Waals surface area contributed by atoms with E-state index in [1.165, 1.54) is 4.90 Å².